The maximum absolute atomic E-state index is 12.9. The zero-order valence-corrected chi connectivity index (χ0v) is 9.09. The second-order valence-electron chi connectivity index (χ2n) is 3.94. The van der Waals surface area contributed by atoms with Crippen LogP contribution in [0.1, 0.15) is 12.0 Å². The molecule has 1 aromatic carbocycles. The predicted octanol–water partition coefficient (Wildman–Crippen LogP) is 1.17. The van der Waals surface area contributed by atoms with Gasteiger partial charge in [-0.05, 0) is 19.1 Å². The number of alkyl halides is 1. The molecule has 0 amide bonds. The highest BCUT2D eigenvalue weighted by molar-refractivity contribution is 7.93. The van der Waals surface area contributed by atoms with Gasteiger partial charge in [-0.25, -0.2) is 12.8 Å². The highest BCUT2D eigenvalue weighted by Gasteiger charge is 2.62. The number of hydrogen-bond acceptors (Lipinski definition) is 3. The van der Waals surface area contributed by atoms with Gasteiger partial charge in [0, 0.05) is 6.42 Å². The van der Waals surface area contributed by atoms with E-state index in [-0.39, 0.29) is 11.3 Å². The summed E-state index contributed by atoms with van der Waals surface area (Å²) in [4.78, 5) is -1.60. The number of hydrogen-bond donors (Lipinski definition) is 1. The highest BCUT2D eigenvalue weighted by atomic mass is 32.2. The second kappa shape index (κ2) is 3.02. The Balaban J connectivity index is 2.43. The van der Waals surface area contributed by atoms with Crippen LogP contribution in [0.15, 0.2) is 29.2 Å². The fraction of sp³-hybridized carbons (Fsp3) is 0.400. The fourth-order valence-electron chi connectivity index (χ4n) is 1.44. The third kappa shape index (κ3) is 1.46. The zero-order valence-electron chi connectivity index (χ0n) is 8.27. The third-order valence-electron chi connectivity index (χ3n) is 2.70. The van der Waals surface area contributed by atoms with Crippen molar-refractivity contribution in [1.82, 2.24) is 0 Å². The Labute approximate surface area is 88.0 Å². The summed E-state index contributed by atoms with van der Waals surface area (Å²) in [5.74, 6) is 0. The van der Waals surface area contributed by atoms with Gasteiger partial charge in [0.15, 0.2) is 14.7 Å². The van der Waals surface area contributed by atoms with Crippen LogP contribution in [0.4, 0.5) is 4.39 Å². The molecule has 0 saturated heterocycles. The third-order valence-corrected chi connectivity index (χ3v) is 5.02. The van der Waals surface area contributed by atoms with Crippen molar-refractivity contribution in [3.8, 4) is 0 Å². The number of rotatable bonds is 2. The van der Waals surface area contributed by atoms with Crippen LogP contribution in [0.25, 0.3) is 0 Å². The average Bonchev–Trinajstić information content (AvgIpc) is 2.77. The summed E-state index contributed by atoms with van der Waals surface area (Å²) in [7, 11) is -3.73. The van der Waals surface area contributed by atoms with Crippen LogP contribution < -0.4 is 5.73 Å². The lowest BCUT2D eigenvalue weighted by molar-refractivity contribution is 0.449. The van der Waals surface area contributed by atoms with Gasteiger partial charge < -0.3 is 5.73 Å². The summed E-state index contributed by atoms with van der Waals surface area (Å²) >= 11 is 0. The van der Waals surface area contributed by atoms with Crippen LogP contribution in [0.3, 0.4) is 0 Å². The summed E-state index contributed by atoms with van der Waals surface area (Å²) < 4.78 is 36.7. The second-order valence-corrected chi connectivity index (χ2v) is 6.18. The molecule has 2 rings (SSSR count). The Bertz CT molecular complexity index is 483. The van der Waals surface area contributed by atoms with Crippen molar-refractivity contribution < 1.29 is 12.8 Å². The molecule has 0 bridgehead atoms. The molecule has 1 aromatic rings. The summed E-state index contributed by atoms with van der Waals surface area (Å²) in [5, 5.41) is 0. The molecule has 0 aromatic heterocycles. The first kappa shape index (κ1) is 10.6. The molecular weight excluding hydrogens is 217 g/mol. The van der Waals surface area contributed by atoms with Crippen molar-refractivity contribution in [1.29, 1.82) is 0 Å². The van der Waals surface area contributed by atoms with E-state index >= 15 is 0 Å². The number of sulfone groups is 1. The molecule has 1 aliphatic rings. The molecule has 1 fully saturated rings. The van der Waals surface area contributed by atoms with E-state index in [4.69, 9.17) is 5.73 Å². The van der Waals surface area contributed by atoms with Crippen LogP contribution in [0, 0.1) is 6.92 Å². The normalized spacial score (nSPS) is 30.2. The molecule has 0 heterocycles. The molecule has 2 atom stereocenters. The van der Waals surface area contributed by atoms with Crippen molar-refractivity contribution >= 4 is 9.84 Å². The smallest absolute Gasteiger partial charge is 0.199 e. The maximum atomic E-state index is 12.9. The van der Waals surface area contributed by atoms with Gasteiger partial charge in [-0.3, -0.25) is 0 Å². The van der Waals surface area contributed by atoms with Crippen LogP contribution in [-0.4, -0.2) is 19.5 Å². The van der Waals surface area contributed by atoms with Crippen LogP contribution in [-0.2, 0) is 9.84 Å². The van der Waals surface area contributed by atoms with Gasteiger partial charge in [0.2, 0.25) is 0 Å². The van der Waals surface area contributed by atoms with Crippen LogP contribution in [0.5, 0.6) is 0 Å². The summed E-state index contributed by atoms with van der Waals surface area (Å²) in [6.45, 7) is 1.85. The Kier molecular flexibility index (Phi) is 2.13. The molecule has 1 aliphatic carbocycles. The molecular formula is C10H12FNO2S. The molecule has 0 unspecified atom stereocenters. The average molecular weight is 229 g/mol. The molecule has 2 N–H and O–H groups in total. The van der Waals surface area contributed by atoms with Gasteiger partial charge >= 0.3 is 0 Å². The minimum Gasteiger partial charge on any atom is -0.310 e. The van der Waals surface area contributed by atoms with Crippen molar-refractivity contribution in [3.63, 3.8) is 0 Å². The van der Waals surface area contributed by atoms with Crippen molar-refractivity contribution in [3.05, 3.63) is 29.8 Å². The van der Waals surface area contributed by atoms with Gasteiger partial charge in [0.25, 0.3) is 0 Å². The molecule has 5 heteroatoms. The standard InChI is InChI=1S/C10H12FNO2S/c1-7-2-4-8(5-3-7)15(13,14)10(12)6-9(10)11/h2-5,9H,6,12H2,1H3/t9-,10+/m0/s1. The van der Waals surface area contributed by atoms with E-state index in [2.05, 4.69) is 0 Å². The zero-order chi connectivity index (χ0) is 11.3. The first-order valence-electron chi connectivity index (χ1n) is 4.62. The molecule has 15 heavy (non-hydrogen) atoms. The molecule has 0 radical (unpaired) electrons. The fourth-order valence-corrected chi connectivity index (χ4v) is 3.07. The van der Waals surface area contributed by atoms with Crippen molar-refractivity contribution in [2.24, 2.45) is 5.73 Å². The number of benzene rings is 1. The molecule has 3 nitrogen and oxygen atoms in total. The number of halogens is 1. The number of aryl methyl sites for hydroxylation is 1. The largest absolute Gasteiger partial charge is 0.310 e. The van der Waals surface area contributed by atoms with E-state index in [0.29, 0.717) is 0 Å². The van der Waals surface area contributed by atoms with E-state index in [9.17, 15) is 12.8 Å². The SMILES string of the molecule is Cc1ccc(S(=O)(=O)[C@]2(N)C[C@@H]2F)cc1. The molecule has 0 aliphatic heterocycles. The van der Waals surface area contributed by atoms with Gasteiger partial charge in [0.1, 0.15) is 6.17 Å². The first-order chi connectivity index (χ1) is 6.88. The summed E-state index contributed by atoms with van der Waals surface area (Å²) in [5.41, 5.74) is 6.43. The maximum Gasteiger partial charge on any atom is 0.199 e. The predicted molar refractivity (Wildman–Crippen MR) is 54.8 cm³/mol. The number of nitrogens with two attached hydrogens (primary N) is 1. The van der Waals surface area contributed by atoms with E-state index in [1.54, 1.807) is 12.1 Å². The molecule has 0 spiro atoms. The Morgan fingerprint density at radius 1 is 1.40 bits per heavy atom. The van der Waals surface area contributed by atoms with E-state index in [1.165, 1.54) is 12.1 Å². The van der Waals surface area contributed by atoms with Gasteiger partial charge in [-0.15, -0.1) is 0 Å². The Morgan fingerprint density at radius 3 is 2.27 bits per heavy atom. The van der Waals surface area contributed by atoms with Gasteiger partial charge in [-0.1, -0.05) is 17.7 Å². The minimum atomic E-state index is -3.73. The summed E-state index contributed by atoms with van der Waals surface area (Å²) in [6.07, 6.45) is -1.55. The lowest BCUT2D eigenvalue weighted by Gasteiger charge is -2.10. The quantitative estimate of drug-likeness (QED) is 0.828. The van der Waals surface area contributed by atoms with Gasteiger partial charge in [-0.2, -0.15) is 0 Å². The van der Waals surface area contributed by atoms with Crippen LogP contribution >= 0.6 is 0 Å². The first-order valence-corrected chi connectivity index (χ1v) is 6.10. The Morgan fingerprint density at radius 2 is 1.87 bits per heavy atom. The lowest BCUT2D eigenvalue weighted by atomic mass is 10.2. The molecule has 1 saturated carbocycles. The van der Waals surface area contributed by atoms with E-state index < -0.39 is 20.9 Å². The van der Waals surface area contributed by atoms with Crippen LogP contribution in [0.2, 0.25) is 0 Å². The monoisotopic (exact) mass is 229 g/mol. The minimum absolute atomic E-state index is 0.0933. The topological polar surface area (TPSA) is 60.2 Å². The lowest BCUT2D eigenvalue weighted by Crippen LogP contribution is -2.36. The molecule has 82 valence electrons. The highest BCUT2D eigenvalue weighted by Crippen LogP contribution is 2.44. The van der Waals surface area contributed by atoms with Crippen molar-refractivity contribution in [2.45, 2.75) is 29.3 Å². The summed E-state index contributed by atoms with van der Waals surface area (Å²) in [6, 6.07) is 6.27. The van der Waals surface area contributed by atoms with Gasteiger partial charge in [0.05, 0.1) is 4.90 Å². The Hall–Kier alpha value is -0.940. The van der Waals surface area contributed by atoms with Crippen molar-refractivity contribution in [2.75, 3.05) is 0 Å². The van der Waals surface area contributed by atoms with E-state index in [0.717, 1.165) is 5.56 Å². The van der Waals surface area contributed by atoms with E-state index in [1.807, 2.05) is 6.92 Å².